The number of rotatable bonds is 6. The van der Waals surface area contributed by atoms with Crippen molar-refractivity contribution in [2.24, 2.45) is 0 Å². The number of carbonyl (C=O) groups is 1. The van der Waals surface area contributed by atoms with Gasteiger partial charge in [0.2, 0.25) is 5.91 Å². The lowest BCUT2D eigenvalue weighted by atomic mass is 10.2. The molecule has 0 bridgehead atoms. The van der Waals surface area contributed by atoms with Crippen molar-refractivity contribution in [1.82, 2.24) is 14.3 Å². The molecule has 31 heavy (non-hydrogen) atoms. The fourth-order valence-corrected chi connectivity index (χ4v) is 4.07. The van der Waals surface area contributed by atoms with E-state index in [1.807, 2.05) is 46.3 Å². The van der Waals surface area contributed by atoms with Gasteiger partial charge in [-0.2, -0.15) is 0 Å². The molecule has 0 aliphatic carbocycles. The van der Waals surface area contributed by atoms with Crippen molar-refractivity contribution in [3.8, 4) is 17.0 Å². The molecule has 5 nitrogen and oxygen atoms in total. The van der Waals surface area contributed by atoms with Crippen LogP contribution in [0.3, 0.4) is 0 Å². The third-order valence-electron chi connectivity index (χ3n) is 4.72. The third kappa shape index (κ3) is 4.88. The highest BCUT2D eigenvalue weighted by Gasteiger charge is 2.32. The van der Waals surface area contributed by atoms with E-state index in [-0.39, 0.29) is 30.2 Å². The number of imidazole rings is 1. The molecule has 0 unspecified atom stereocenters. The summed E-state index contributed by atoms with van der Waals surface area (Å²) in [5, 5.41) is 1.86. The van der Waals surface area contributed by atoms with Crippen LogP contribution in [-0.2, 0) is 17.8 Å². The van der Waals surface area contributed by atoms with Gasteiger partial charge in [-0.15, -0.1) is 24.5 Å². The highest BCUT2D eigenvalue weighted by Crippen LogP contribution is 2.27. The minimum absolute atomic E-state index is 0.00242. The van der Waals surface area contributed by atoms with Gasteiger partial charge in [-0.3, -0.25) is 9.20 Å². The number of likely N-dealkylation sites (N-methyl/N-ethyl adjacent to an activating group) is 1. The van der Waals surface area contributed by atoms with Gasteiger partial charge in [0.25, 0.3) is 0 Å². The Balaban J connectivity index is 1.49. The Hall–Kier alpha value is -3.33. The van der Waals surface area contributed by atoms with E-state index in [9.17, 15) is 18.0 Å². The van der Waals surface area contributed by atoms with Crippen LogP contribution in [0.25, 0.3) is 16.2 Å². The van der Waals surface area contributed by atoms with Crippen molar-refractivity contribution in [2.45, 2.75) is 19.3 Å². The normalized spacial score (nSPS) is 11.6. The van der Waals surface area contributed by atoms with E-state index in [0.29, 0.717) is 0 Å². The molecule has 0 saturated carbocycles. The standard InChI is InChI=1S/C22H18F3N3O2S/c1-27(12-16-9-5-6-10-19(16)30-22(23,24)25)20(29)11-17-14-31-21-26-18(13-28(17)21)15-7-3-2-4-8-15/h2-10,13-14H,11-12H2,1H3. The molecule has 2 aromatic heterocycles. The Morgan fingerprint density at radius 2 is 1.84 bits per heavy atom. The summed E-state index contributed by atoms with van der Waals surface area (Å²) >= 11 is 1.43. The largest absolute Gasteiger partial charge is 0.573 e. The maximum Gasteiger partial charge on any atom is 0.573 e. The molecule has 1 amide bonds. The summed E-state index contributed by atoms with van der Waals surface area (Å²) in [5.74, 6) is -0.536. The number of thiazole rings is 1. The maximum atomic E-state index is 12.8. The summed E-state index contributed by atoms with van der Waals surface area (Å²) in [6, 6.07) is 15.5. The molecule has 2 heterocycles. The molecule has 0 radical (unpaired) electrons. The van der Waals surface area contributed by atoms with Gasteiger partial charge in [0.15, 0.2) is 4.96 Å². The van der Waals surface area contributed by atoms with Crippen LogP contribution in [-0.4, -0.2) is 33.6 Å². The van der Waals surface area contributed by atoms with E-state index < -0.39 is 6.36 Å². The van der Waals surface area contributed by atoms with Gasteiger partial charge in [0, 0.05) is 42.0 Å². The second-order valence-corrected chi connectivity index (χ2v) is 7.79. The van der Waals surface area contributed by atoms with Gasteiger partial charge in [0.05, 0.1) is 12.1 Å². The topological polar surface area (TPSA) is 46.8 Å². The van der Waals surface area contributed by atoms with Gasteiger partial charge in [-0.1, -0.05) is 48.5 Å². The van der Waals surface area contributed by atoms with Gasteiger partial charge >= 0.3 is 6.36 Å². The monoisotopic (exact) mass is 445 g/mol. The smallest absolute Gasteiger partial charge is 0.405 e. The molecule has 0 aliphatic heterocycles. The van der Waals surface area contributed by atoms with Crippen molar-refractivity contribution in [2.75, 3.05) is 7.05 Å². The second-order valence-electron chi connectivity index (χ2n) is 6.95. The van der Waals surface area contributed by atoms with E-state index in [2.05, 4.69) is 9.72 Å². The number of fused-ring (bicyclic) bond motifs is 1. The lowest BCUT2D eigenvalue weighted by molar-refractivity contribution is -0.275. The van der Waals surface area contributed by atoms with Crippen LogP contribution in [0.15, 0.2) is 66.2 Å². The van der Waals surface area contributed by atoms with Crippen molar-refractivity contribution in [3.05, 3.63) is 77.4 Å². The number of aromatic nitrogens is 2. The first-order chi connectivity index (χ1) is 14.8. The molecule has 0 spiro atoms. The van der Waals surface area contributed by atoms with E-state index in [0.717, 1.165) is 21.9 Å². The number of para-hydroxylation sites is 1. The summed E-state index contributed by atoms with van der Waals surface area (Å²) in [6.07, 6.45) is -2.81. The van der Waals surface area contributed by atoms with Crippen LogP contribution in [0.4, 0.5) is 13.2 Å². The van der Waals surface area contributed by atoms with Crippen LogP contribution in [0.1, 0.15) is 11.3 Å². The number of nitrogens with zero attached hydrogens (tertiary/aromatic N) is 3. The molecule has 0 atom stereocenters. The minimum Gasteiger partial charge on any atom is -0.405 e. The van der Waals surface area contributed by atoms with Crippen molar-refractivity contribution in [1.29, 1.82) is 0 Å². The lowest BCUT2D eigenvalue weighted by Crippen LogP contribution is -2.28. The Bertz CT molecular complexity index is 1200. The minimum atomic E-state index is -4.79. The maximum absolute atomic E-state index is 12.8. The fraction of sp³-hybridized carbons (Fsp3) is 0.182. The number of halogens is 3. The zero-order valence-corrected chi connectivity index (χ0v) is 17.3. The van der Waals surface area contributed by atoms with E-state index >= 15 is 0 Å². The van der Waals surface area contributed by atoms with Crippen LogP contribution in [0, 0.1) is 0 Å². The van der Waals surface area contributed by atoms with Gasteiger partial charge < -0.3 is 9.64 Å². The number of benzene rings is 2. The predicted molar refractivity (Wildman–Crippen MR) is 112 cm³/mol. The highest BCUT2D eigenvalue weighted by atomic mass is 32.1. The molecule has 9 heteroatoms. The number of carbonyl (C=O) groups excluding carboxylic acids is 1. The number of ether oxygens (including phenoxy) is 1. The Labute approximate surface area is 180 Å². The average molecular weight is 445 g/mol. The number of hydrogen-bond donors (Lipinski definition) is 0. The summed E-state index contributed by atoms with van der Waals surface area (Å²) in [5.41, 5.74) is 2.84. The van der Waals surface area contributed by atoms with E-state index in [4.69, 9.17) is 0 Å². The SMILES string of the molecule is CN(Cc1ccccc1OC(F)(F)F)C(=O)Cc1csc2nc(-c3ccccc3)cn12. The number of amides is 1. The van der Waals surface area contributed by atoms with Gasteiger partial charge in [0.1, 0.15) is 5.75 Å². The molecule has 0 N–H and O–H groups in total. The molecule has 160 valence electrons. The summed E-state index contributed by atoms with van der Waals surface area (Å²) in [6.45, 7) is -0.00242. The number of alkyl halides is 3. The van der Waals surface area contributed by atoms with Crippen LogP contribution in [0.5, 0.6) is 5.75 Å². The zero-order valence-electron chi connectivity index (χ0n) is 16.5. The van der Waals surface area contributed by atoms with Crippen LogP contribution >= 0.6 is 11.3 Å². The summed E-state index contributed by atoms with van der Waals surface area (Å²) in [4.78, 5) is 19.5. The Kier molecular flexibility index (Phi) is 5.69. The van der Waals surface area contributed by atoms with Crippen LogP contribution in [0.2, 0.25) is 0 Å². The molecular weight excluding hydrogens is 427 g/mol. The van der Waals surface area contributed by atoms with E-state index in [1.54, 1.807) is 13.1 Å². The lowest BCUT2D eigenvalue weighted by Gasteiger charge is -2.20. The predicted octanol–water partition coefficient (Wildman–Crippen LogP) is 5.16. The first-order valence-electron chi connectivity index (χ1n) is 9.38. The van der Waals surface area contributed by atoms with Crippen molar-refractivity contribution >= 4 is 22.2 Å². The quantitative estimate of drug-likeness (QED) is 0.412. The molecule has 4 aromatic rings. The number of hydrogen-bond acceptors (Lipinski definition) is 4. The van der Waals surface area contributed by atoms with E-state index in [1.165, 1.54) is 34.4 Å². The van der Waals surface area contributed by atoms with Gasteiger partial charge in [-0.25, -0.2) is 4.98 Å². The van der Waals surface area contributed by atoms with Crippen molar-refractivity contribution in [3.63, 3.8) is 0 Å². The first kappa shape index (κ1) is 20.9. The molecule has 2 aromatic carbocycles. The second kappa shape index (κ2) is 8.43. The highest BCUT2D eigenvalue weighted by molar-refractivity contribution is 7.15. The fourth-order valence-electron chi connectivity index (χ4n) is 3.20. The molecule has 4 rings (SSSR count). The third-order valence-corrected chi connectivity index (χ3v) is 5.61. The average Bonchev–Trinajstić information content (AvgIpc) is 3.31. The first-order valence-corrected chi connectivity index (χ1v) is 10.3. The Morgan fingerprint density at radius 1 is 1.13 bits per heavy atom. The molecular formula is C22H18F3N3O2S. The zero-order chi connectivity index (χ0) is 22.0. The van der Waals surface area contributed by atoms with Crippen LogP contribution < -0.4 is 4.74 Å². The summed E-state index contributed by atoms with van der Waals surface area (Å²) in [7, 11) is 1.56. The summed E-state index contributed by atoms with van der Waals surface area (Å²) < 4.78 is 43.8. The Morgan fingerprint density at radius 3 is 2.58 bits per heavy atom. The van der Waals surface area contributed by atoms with Gasteiger partial charge in [-0.05, 0) is 6.07 Å². The molecule has 0 fully saturated rings. The molecule has 0 aliphatic rings. The molecule has 0 saturated heterocycles. The van der Waals surface area contributed by atoms with Crippen molar-refractivity contribution < 1.29 is 22.7 Å².